The Kier molecular flexibility index (Phi) is 7.88. The van der Waals surface area contributed by atoms with Gasteiger partial charge in [0.2, 0.25) is 0 Å². The molecule has 0 bridgehead atoms. The average molecular weight is 332 g/mol. The van der Waals surface area contributed by atoms with E-state index >= 15 is 0 Å². The van der Waals surface area contributed by atoms with Gasteiger partial charge in [0.25, 0.3) is 0 Å². The van der Waals surface area contributed by atoms with Gasteiger partial charge in [0.15, 0.2) is 0 Å². The Labute approximate surface area is 115 Å². The predicted octanol–water partition coefficient (Wildman–Crippen LogP) is 1.43. The van der Waals surface area contributed by atoms with Crippen molar-refractivity contribution in [1.29, 1.82) is 0 Å². The zero-order valence-corrected chi connectivity index (χ0v) is 12.9. The van der Waals surface area contributed by atoms with E-state index in [1.165, 1.54) is 0 Å². The molecule has 0 saturated heterocycles. The summed E-state index contributed by atoms with van der Waals surface area (Å²) in [6.45, 7) is 0. The van der Waals surface area contributed by atoms with Gasteiger partial charge in [0.05, 0.1) is 0 Å². The van der Waals surface area contributed by atoms with Crippen LogP contribution in [0.4, 0.5) is 0 Å². The second-order valence-corrected chi connectivity index (χ2v) is 6.39. The second-order valence-electron chi connectivity index (χ2n) is 2.78. The molecule has 0 aliphatic rings. The average Bonchev–Trinajstić information content (AvgIpc) is 2.44. The van der Waals surface area contributed by atoms with Crippen molar-refractivity contribution in [2.45, 2.75) is 0 Å². The molecule has 20 heavy (non-hydrogen) atoms. The molecule has 12 heteroatoms. The van der Waals surface area contributed by atoms with Crippen LogP contribution in [0.15, 0.2) is 12.2 Å². The van der Waals surface area contributed by atoms with Crippen LogP contribution in [-0.2, 0) is 45.9 Å². The zero-order chi connectivity index (χ0) is 15.8. The summed E-state index contributed by atoms with van der Waals surface area (Å²) in [6, 6.07) is 0. The summed E-state index contributed by atoms with van der Waals surface area (Å²) in [5, 5.41) is 0. The van der Waals surface area contributed by atoms with Gasteiger partial charge in [0, 0.05) is 40.6 Å². The van der Waals surface area contributed by atoms with Crippen molar-refractivity contribution in [3.05, 3.63) is 12.2 Å². The molecule has 0 radical (unpaired) electrons. The van der Waals surface area contributed by atoms with Gasteiger partial charge >= 0.3 is 27.6 Å². The highest BCUT2D eigenvalue weighted by molar-refractivity contribution is 7.49. The van der Waals surface area contributed by atoms with E-state index in [2.05, 4.69) is 27.1 Å². The highest BCUT2D eigenvalue weighted by atomic mass is 31.2. The largest absolute Gasteiger partial charge is 0.531 e. The molecule has 10 nitrogen and oxygen atoms in total. The van der Waals surface area contributed by atoms with Crippen molar-refractivity contribution in [1.82, 2.24) is 0 Å². The van der Waals surface area contributed by atoms with Gasteiger partial charge in [-0.3, -0.25) is 18.1 Å². The van der Waals surface area contributed by atoms with E-state index in [0.717, 1.165) is 28.4 Å². The molecule has 0 N–H and O–H groups in total. The molecule has 0 amide bonds. The molecule has 0 spiro atoms. The lowest BCUT2D eigenvalue weighted by atomic mass is 10.5. The first kappa shape index (κ1) is 19.0. The Balaban J connectivity index is 4.58. The minimum absolute atomic E-state index is 0.572. The predicted molar refractivity (Wildman–Crippen MR) is 64.6 cm³/mol. The Bertz CT molecular complexity index is 412. The molecule has 0 atom stereocenters. The lowest BCUT2D eigenvalue weighted by molar-refractivity contribution is -0.133. The van der Waals surface area contributed by atoms with Crippen LogP contribution in [0.3, 0.4) is 0 Å². The van der Waals surface area contributed by atoms with E-state index in [4.69, 9.17) is 0 Å². The third-order valence-electron chi connectivity index (χ3n) is 1.65. The number of hydrogen-bond donors (Lipinski definition) is 0. The number of phosphoric acid groups is 2. The third kappa shape index (κ3) is 6.42. The fourth-order valence-electron chi connectivity index (χ4n) is 0.715. The van der Waals surface area contributed by atoms with Crippen LogP contribution in [0.1, 0.15) is 0 Å². The van der Waals surface area contributed by atoms with Gasteiger partial charge in [-0.15, -0.1) is 0 Å². The van der Waals surface area contributed by atoms with Crippen molar-refractivity contribution in [3.63, 3.8) is 0 Å². The Morgan fingerprint density at radius 1 is 0.700 bits per heavy atom. The molecule has 116 valence electrons. The molecular weight excluding hydrogens is 318 g/mol. The van der Waals surface area contributed by atoms with Crippen molar-refractivity contribution in [2.24, 2.45) is 0 Å². The second kappa shape index (κ2) is 8.31. The van der Waals surface area contributed by atoms with E-state index in [-0.39, 0.29) is 0 Å². The highest BCUT2D eigenvalue weighted by Crippen LogP contribution is 2.48. The minimum atomic E-state index is -4.01. The van der Waals surface area contributed by atoms with Crippen LogP contribution in [0.25, 0.3) is 0 Å². The van der Waals surface area contributed by atoms with Crippen LogP contribution in [0.5, 0.6) is 0 Å². The van der Waals surface area contributed by atoms with Gasteiger partial charge in [0.1, 0.15) is 0 Å². The van der Waals surface area contributed by atoms with Crippen LogP contribution < -0.4 is 0 Å². The molecule has 0 aliphatic heterocycles. The van der Waals surface area contributed by atoms with E-state index in [1.54, 1.807) is 0 Å². The van der Waals surface area contributed by atoms with Gasteiger partial charge < -0.3 is 9.05 Å². The van der Waals surface area contributed by atoms with Gasteiger partial charge in [-0.25, -0.2) is 18.7 Å². The fraction of sp³-hybridized carbons (Fsp3) is 0.500. The van der Waals surface area contributed by atoms with E-state index < -0.39 is 27.6 Å². The fourth-order valence-corrected chi connectivity index (χ4v) is 1.87. The molecule has 0 heterocycles. The summed E-state index contributed by atoms with van der Waals surface area (Å²) >= 11 is 0. The summed E-state index contributed by atoms with van der Waals surface area (Å²) in [5.41, 5.74) is 0. The van der Waals surface area contributed by atoms with Crippen LogP contribution in [0, 0.1) is 0 Å². The van der Waals surface area contributed by atoms with E-state index in [0.29, 0.717) is 12.2 Å². The monoisotopic (exact) mass is 332 g/mol. The van der Waals surface area contributed by atoms with Crippen molar-refractivity contribution in [2.75, 3.05) is 28.4 Å². The van der Waals surface area contributed by atoms with Crippen LogP contribution in [-0.4, -0.2) is 40.4 Å². The first-order valence-corrected chi connectivity index (χ1v) is 7.74. The minimum Gasteiger partial charge on any atom is -0.367 e. The number of rotatable bonds is 8. The topological polar surface area (TPSA) is 124 Å². The molecule has 0 aromatic heterocycles. The first-order chi connectivity index (χ1) is 9.24. The quantitative estimate of drug-likeness (QED) is 0.476. The van der Waals surface area contributed by atoms with Gasteiger partial charge in [-0.05, 0) is 0 Å². The standard InChI is InChI=1S/C8H14O10P2/c1-13-19(11,14-2)17-7(9)5-6-8(10)18-20(12,15-3)16-4/h5-6H,1-4H3/b6-5-. The number of carbonyl (C=O) groups is 2. The molecule has 0 fully saturated rings. The van der Waals surface area contributed by atoms with Crippen molar-refractivity contribution >= 4 is 27.6 Å². The maximum Gasteiger partial charge on any atom is 0.531 e. The smallest absolute Gasteiger partial charge is 0.367 e. The lowest BCUT2D eigenvalue weighted by Gasteiger charge is -2.11. The summed E-state index contributed by atoms with van der Waals surface area (Å²) in [6.07, 6.45) is 1.14. The maximum atomic E-state index is 11.4. The maximum absolute atomic E-state index is 11.4. The summed E-state index contributed by atoms with van der Waals surface area (Å²) in [7, 11) is -4.00. The highest BCUT2D eigenvalue weighted by Gasteiger charge is 2.28. The summed E-state index contributed by atoms with van der Waals surface area (Å²) in [5.74, 6) is -2.39. The van der Waals surface area contributed by atoms with Crippen LogP contribution >= 0.6 is 15.6 Å². The Hall–Kier alpha value is -1.02. The summed E-state index contributed by atoms with van der Waals surface area (Å²) in [4.78, 5) is 22.4. The molecule has 0 aromatic carbocycles. The lowest BCUT2D eigenvalue weighted by Crippen LogP contribution is -2.05. The first-order valence-electron chi connectivity index (χ1n) is 4.82. The normalized spacial score (nSPS) is 12.4. The van der Waals surface area contributed by atoms with E-state index in [1.807, 2.05) is 0 Å². The molecule has 0 aliphatic carbocycles. The number of phosphoric ester groups is 2. The molecular formula is C8H14O10P2. The van der Waals surface area contributed by atoms with Crippen LogP contribution in [0.2, 0.25) is 0 Å². The van der Waals surface area contributed by atoms with Gasteiger partial charge in [-0.1, -0.05) is 0 Å². The van der Waals surface area contributed by atoms with Gasteiger partial charge in [-0.2, -0.15) is 0 Å². The molecule has 0 rings (SSSR count). The van der Waals surface area contributed by atoms with Crippen molar-refractivity contribution in [3.8, 4) is 0 Å². The molecule has 0 unspecified atom stereocenters. The number of hydrogen-bond acceptors (Lipinski definition) is 10. The molecule has 0 saturated carbocycles. The number of carbonyl (C=O) groups excluding carboxylic acids is 2. The van der Waals surface area contributed by atoms with E-state index in [9.17, 15) is 18.7 Å². The third-order valence-corrected chi connectivity index (χ3v) is 4.25. The molecule has 0 aromatic rings. The SMILES string of the molecule is COP(=O)(OC)OC(=O)/C=C\C(=O)OP(=O)(OC)OC. The Morgan fingerprint density at radius 2 is 0.950 bits per heavy atom. The summed E-state index contributed by atoms with van der Waals surface area (Å²) < 4.78 is 48.8. The zero-order valence-electron chi connectivity index (χ0n) is 11.1. The van der Waals surface area contributed by atoms with Crippen molar-refractivity contribution < 1.29 is 45.9 Å². The Morgan fingerprint density at radius 3 is 1.15 bits per heavy atom.